The number of nitrogens with zero attached hydrogens (tertiary/aromatic N) is 3. The molecule has 3 nitrogen and oxygen atoms in total. The van der Waals surface area contributed by atoms with Crippen LogP contribution in [0.1, 0.15) is 31.5 Å². The van der Waals surface area contributed by atoms with Crippen molar-refractivity contribution in [3.05, 3.63) is 30.1 Å². The first-order valence-electron chi connectivity index (χ1n) is 7.60. The van der Waals surface area contributed by atoms with E-state index < -0.39 is 0 Å². The smallest absolute Gasteiger partial charge is 0.111 e. The molecule has 0 unspecified atom stereocenters. The van der Waals surface area contributed by atoms with Gasteiger partial charge in [-0.1, -0.05) is 18.6 Å². The third kappa shape index (κ3) is 1.96. The number of aromatic nitrogens is 2. The van der Waals surface area contributed by atoms with Crippen LogP contribution in [0.25, 0.3) is 11.0 Å². The third-order valence-corrected chi connectivity index (χ3v) is 4.77. The van der Waals surface area contributed by atoms with E-state index in [1.165, 1.54) is 50.1 Å². The Balaban J connectivity index is 1.63. The van der Waals surface area contributed by atoms with E-state index in [0.717, 1.165) is 24.5 Å². The summed E-state index contributed by atoms with van der Waals surface area (Å²) in [6, 6.07) is 9.42. The summed E-state index contributed by atoms with van der Waals surface area (Å²) in [6.07, 6.45) is 6.61. The zero-order chi connectivity index (χ0) is 12.7. The van der Waals surface area contributed by atoms with E-state index in [9.17, 15) is 0 Å². The van der Waals surface area contributed by atoms with Gasteiger partial charge in [-0.15, -0.1) is 0 Å². The van der Waals surface area contributed by atoms with Crippen molar-refractivity contribution in [2.75, 3.05) is 13.1 Å². The monoisotopic (exact) mass is 255 g/mol. The molecule has 2 heterocycles. The Morgan fingerprint density at radius 3 is 2.74 bits per heavy atom. The molecule has 0 amide bonds. The first kappa shape index (κ1) is 11.5. The molecule has 2 aromatic rings. The maximum absolute atomic E-state index is 4.83. The van der Waals surface area contributed by atoms with Crippen molar-refractivity contribution in [2.45, 2.75) is 44.7 Å². The lowest BCUT2D eigenvalue weighted by molar-refractivity contribution is 0.120. The van der Waals surface area contributed by atoms with Gasteiger partial charge < -0.3 is 4.57 Å². The fraction of sp³-hybridized carbons (Fsp3) is 0.562. The second-order valence-corrected chi connectivity index (χ2v) is 5.89. The summed E-state index contributed by atoms with van der Waals surface area (Å²) in [6.45, 7) is 3.57. The van der Waals surface area contributed by atoms with Crippen molar-refractivity contribution in [2.24, 2.45) is 0 Å². The van der Waals surface area contributed by atoms with Crippen molar-refractivity contribution in [1.82, 2.24) is 14.5 Å². The number of rotatable bonds is 1. The molecule has 2 aliphatic rings. The van der Waals surface area contributed by atoms with Gasteiger partial charge in [0, 0.05) is 32.1 Å². The molecule has 1 aliphatic carbocycles. The molecule has 1 aliphatic heterocycles. The molecule has 0 radical (unpaired) electrons. The van der Waals surface area contributed by atoms with Crippen LogP contribution >= 0.6 is 0 Å². The molecule has 1 saturated carbocycles. The van der Waals surface area contributed by atoms with E-state index in [1.54, 1.807) is 0 Å². The number of benzene rings is 1. The standard InChI is InChI=1S/C16H21N3/c1-2-8-15-14(7-1)17-16-9-12-18(13-5-3-6-13)10-4-11-19(15)16/h1-2,7-8,13H,3-6,9-12H2. The summed E-state index contributed by atoms with van der Waals surface area (Å²) in [4.78, 5) is 7.53. The summed E-state index contributed by atoms with van der Waals surface area (Å²) in [5.74, 6) is 1.28. The first-order chi connectivity index (χ1) is 9.42. The number of aryl methyl sites for hydroxylation is 1. The molecule has 100 valence electrons. The molecule has 1 aromatic heterocycles. The Hall–Kier alpha value is -1.35. The second-order valence-electron chi connectivity index (χ2n) is 5.89. The van der Waals surface area contributed by atoms with Crippen LogP contribution in [-0.4, -0.2) is 33.6 Å². The van der Waals surface area contributed by atoms with Crippen molar-refractivity contribution < 1.29 is 0 Å². The quantitative estimate of drug-likeness (QED) is 0.781. The maximum Gasteiger partial charge on any atom is 0.111 e. The molecule has 0 N–H and O–H groups in total. The van der Waals surface area contributed by atoms with Crippen LogP contribution in [0, 0.1) is 0 Å². The van der Waals surface area contributed by atoms with Crippen LogP contribution in [-0.2, 0) is 13.0 Å². The van der Waals surface area contributed by atoms with Crippen molar-refractivity contribution in [3.63, 3.8) is 0 Å². The summed E-state index contributed by atoms with van der Waals surface area (Å²) in [7, 11) is 0. The van der Waals surface area contributed by atoms with Crippen LogP contribution in [0.2, 0.25) is 0 Å². The highest BCUT2D eigenvalue weighted by atomic mass is 15.2. The largest absolute Gasteiger partial charge is 0.328 e. The van der Waals surface area contributed by atoms with Crippen LogP contribution in [0.3, 0.4) is 0 Å². The van der Waals surface area contributed by atoms with Crippen LogP contribution in [0.5, 0.6) is 0 Å². The molecule has 3 heteroatoms. The summed E-state index contributed by atoms with van der Waals surface area (Å²) in [5, 5.41) is 0. The van der Waals surface area contributed by atoms with Crippen molar-refractivity contribution in [1.29, 1.82) is 0 Å². The molecule has 19 heavy (non-hydrogen) atoms. The van der Waals surface area contributed by atoms with Gasteiger partial charge in [-0.3, -0.25) is 4.90 Å². The maximum atomic E-state index is 4.83. The van der Waals surface area contributed by atoms with E-state index in [-0.39, 0.29) is 0 Å². The van der Waals surface area contributed by atoms with Crippen LogP contribution in [0.15, 0.2) is 24.3 Å². The summed E-state index contributed by atoms with van der Waals surface area (Å²) in [5.41, 5.74) is 2.48. The summed E-state index contributed by atoms with van der Waals surface area (Å²) >= 11 is 0. The van der Waals surface area contributed by atoms with Gasteiger partial charge >= 0.3 is 0 Å². The number of para-hydroxylation sites is 2. The second kappa shape index (κ2) is 4.64. The molecule has 0 saturated heterocycles. The zero-order valence-electron chi connectivity index (χ0n) is 11.4. The molecule has 0 spiro atoms. The van der Waals surface area contributed by atoms with Crippen LogP contribution < -0.4 is 0 Å². The molecule has 1 aromatic carbocycles. The van der Waals surface area contributed by atoms with Crippen molar-refractivity contribution in [3.8, 4) is 0 Å². The van der Waals surface area contributed by atoms with Crippen molar-refractivity contribution >= 4 is 11.0 Å². The van der Waals surface area contributed by atoms with Gasteiger partial charge in [-0.25, -0.2) is 4.98 Å². The van der Waals surface area contributed by atoms with Crippen LogP contribution in [0.4, 0.5) is 0 Å². The average molecular weight is 255 g/mol. The van der Waals surface area contributed by atoms with E-state index in [4.69, 9.17) is 4.98 Å². The highest BCUT2D eigenvalue weighted by molar-refractivity contribution is 5.75. The topological polar surface area (TPSA) is 21.1 Å². The Morgan fingerprint density at radius 1 is 1.00 bits per heavy atom. The number of hydrogen-bond acceptors (Lipinski definition) is 2. The minimum absolute atomic E-state index is 0.871. The number of hydrogen-bond donors (Lipinski definition) is 0. The Labute approximate surface area is 114 Å². The fourth-order valence-electron chi connectivity index (χ4n) is 3.47. The third-order valence-electron chi connectivity index (χ3n) is 4.77. The Bertz CT molecular complexity index is 583. The molecule has 1 fully saturated rings. The lowest BCUT2D eigenvalue weighted by Gasteiger charge is -2.38. The number of fused-ring (bicyclic) bond motifs is 3. The van der Waals surface area contributed by atoms with Gasteiger partial charge in [0.15, 0.2) is 0 Å². The zero-order valence-corrected chi connectivity index (χ0v) is 11.4. The van der Waals surface area contributed by atoms with E-state index in [2.05, 4.69) is 33.7 Å². The minimum atomic E-state index is 0.871. The van der Waals surface area contributed by atoms with Gasteiger partial charge in [-0.05, 0) is 31.4 Å². The van der Waals surface area contributed by atoms with E-state index in [1.807, 2.05) is 0 Å². The molecule has 4 rings (SSSR count). The SMILES string of the molecule is c1ccc2c(c1)nc1n2CCCN(C2CCC2)CC1. The van der Waals surface area contributed by atoms with Gasteiger partial charge in [-0.2, -0.15) is 0 Å². The molecular formula is C16H21N3. The highest BCUT2D eigenvalue weighted by Gasteiger charge is 2.26. The average Bonchev–Trinajstić information content (AvgIpc) is 2.68. The first-order valence-corrected chi connectivity index (χ1v) is 7.60. The predicted molar refractivity (Wildman–Crippen MR) is 77.3 cm³/mol. The molecule has 0 atom stereocenters. The highest BCUT2D eigenvalue weighted by Crippen LogP contribution is 2.26. The van der Waals surface area contributed by atoms with Gasteiger partial charge in [0.25, 0.3) is 0 Å². The normalized spacial score (nSPS) is 21.7. The Kier molecular flexibility index (Phi) is 2.80. The summed E-state index contributed by atoms with van der Waals surface area (Å²) < 4.78 is 2.44. The van der Waals surface area contributed by atoms with Gasteiger partial charge in [0.2, 0.25) is 0 Å². The lowest BCUT2D eigenvalue weighted by Crippen LogP contribution is -2.43. The predicted octanol–water partition coefficient (Wildman–Crippen LogP) is 2.84. The lowest BCUT2D eigenvalue weighted by atomic mass is 9.91. The van der Waals surface area contributed by atoms with Gasteiger partial charge in [0.05, 0.1) is 11.0 Å². The fourth-order valence-corrected chi connectivity index (χ4v) is 3.47. The van der Waals surface area contributed by atoms with E-state index >= 15 is 0 Å². The minimum Gasteiger partial charge on any atom is -0.328 e. The van der Waals surface area contributed by atoms with Gasteiger partial charge in [0.1, 0.15) is 5.82 Å². The Morgan fingerprint density at radius 2 is 1.89 bits per heavy atom. The molecular weight excluding hydrogens is 234 g/mol. The van der Waals surface area contributed by atoms with E-state index in [0.29, 0.717) is 0 Å². The molecule has 0 bridgehead atoms. The number of imidazole rings is 1.